The van der Waals surface area contributed by atoms with Gasteiger partial charge in [-0.2, -0.15) is 0 Å². The number of benzene rings is 1. The Labute approximate surface area is 150 Å². The number of piperidine rings is 1. The van der Waals surface area contributed by atoms with Crippen LogP contribution in [0.3, 0.4) is 0 Å². The molecule has 0 bridgehead atoms. The molecule has 2 atom stereocenters. The summed E-state index contributed by atoms with van der Waals surface area (Å²) in [6.45, 7) is 4.73. The summed E-state index contributed by atoms with van der Waals surface area (Å²) < 4.78 is 27.1. The third kappa shape index (κ3) is 3.75. The van der Waals surface area contributed by atoms with Crippen LogP contribution in [-0.4, -0.2) is 38.4 Å². The summed E-state index contributed by atoms with van der Waals surface area (Å²) in [5, 5.41) is 0. The van der Waals surface area contributed by atoms with E-state index in [1.165, 1.54) is 25.7 Å². The number of fused-ring (bicyclic) bond motifs is 1. The summed E-state index contributed by atoms with van der Waals surface area (Å²) >= 11 is 0. The Hall–Kier alpha value is -1.40. The van der Waals surface area contributed by atoms with E-state index in [1.54, 1.807) is 25.1 Å². The quantitative estimate of drug-likeness (QED) is 0.893. The lowest BCUT2D eigenvalue weighted by atomic mass is 9.78. The van der Waals surface area contributed by atoms with Crippen LogP contribution in [0.1, 0.15) is 61.4 Å². The van der Waals surface area contributed by atoms with E-state index in [0.29, 0.717) is 24.1 Å². The average molecular weight is 365 g/mol. The predicted molar refractivity (Wildman–Crippen MR) is 98.1 cm³/mol. The zero-order valence-corrected chi connectivity index (χ0v) is 15.9. The second-order valence-electron chi connectivity index (χ2n) is 7.23. The standard InChI is InChI=1S/C19H28N2O3S/c1-3-20-25(23,24)16-11-10-14(2)17(13-16)19(22)21-12-6-8-15-7-4-5-9-18(15)21/h10-11,13,15,18,20H,3-9,12H2,1-2H3. The Balaban J connectivity index is 1.91. The number of sulfonamides is 1. The highest BCUT2D eigenvalue weighted by Gasteiger charge is 2.36. The van der Waals surface area contributed by atoms with Crippen molar-refractivity contribution in [1.29, 1.82) is 0 Å². The third-order valence-corrected chi connectivity index (χ3v) is 7.13. The van der Waals surface area contributed by atoms with Gasteiger partial charge in [0.05, 0.1) is 4.90 Å². The van der Waals surface area contributed by atoms with Crippen LogP contribution in [-0.2, 0) is 10.0 Å². The molecule has 3 rings (SSSR count). The number of carbonyl (C=O) groups excluding carboxylic acids is 1. The van der Waals surface area contributed by atoms with Gasteiger partial charge >= 0.3 is 0 Å². The van der Waals surface area contributed by atoms with Gasteiger partial charge in [0.2, 0.25) is 10.0 Å². The molecule has 1 saturated heterocycles. The molecule has 1 aromatic rings. The van der Waals surface area contributed by atoms with E-state index >= 15 is 0 Å². The smallest absolute Gasteiger partial charge is 0.254 e. The van der Waals surface area contributed by atoms with Gasteiger partial charge in [0.15, 0.2) is 0 Å². The Morgan fingerprint density at radius 2 is 1.92 bits per heavy atom. The molecule has 1 saturated carbocycles. The molecule has 5 nitrogen and oxygen atoms in total. The van der Waals surface area contributed by atoms with E-state index in [0.717, 1.165) is 24.9 Å². The molecule has 25 heavy (non-hydrogen) atoms. The molecule has 1 N–H and O–H groups in total. The maximum Gasteiger partial charge on any atom is 0.254 e. The molecular formula is C19H28N2O3S. The highest BCUT2D eigenvalue weighted by molar-refractivity contribution is 7.89. The summed E-state index contributed by atoms with van der Waals surface area (Å²) in [5.74, 6) is 0.600. The molecule has 2 fully saturated rings. The third-order valence-electron chi connectivity index (χ3n) is 5.59. The Morgan fingerprint density at radius 3 is 2.68 bits per heavy atom. The first-order valence-electron chi connectivity index (χ1n) is 9.35. The first-order valence-corrected chi connectivity index (χ1v) is 10.8. The summed E-state index contributed by atoms with van der Waals surface area (Å²) in [7, 11) is -3.56. The van der Waals surface area contributed by atoms with Crippen molar-refractivity contribution >= 4 is 15.9 Å². The number of hydrogen-bond donors (Lipinski definition) is 1. The maximum absolute atomic E-state index is 13.2. The molecule has 1 heterocycles. The van der Waals surface area contributed by atoms with Crippen molar-refractivity contribution in [3.63, 3.8) is 0 Å². The van der Waals surface area contributed by atoms with Crippen molar-refractivity contribution in [1.82, 2.24) is 9.62 Å². The zero-order chi connectivity index (χ0) is 18.0. The number of hydrogen-bond acceptors (Lipinski definition) is 3. The number of likely N-dealkylation sites (tertiary alicyclic amines) is 1. The van der Waals surface area contributed by atoms with Crippen molar-refractivity contribution in [3.8, 4) is 0 Å². The summed E-state index contributed by atoms with van der Waals surface area (Å²) in [4.78, 5) is 15.4. The van der Waals surface area contributed by atoms with E-state index in [4.69, 9.17) is 0 Å². The SMILES string of the molecule is CCNS(=O)(=O)c1ccc(C)c(C(=O)N2CCCC3CCCCC32)c1. The van der Waals surface area contributed by atoms with Crippen LogP contribution in [0.2, 0.25) is 0 Å². The maximum atomic E-state index is 13.2. The molecule has 6 heteroatoms. The van der Waals surface area contributed by atoms with E-state index < -0.39 is 10.0 Å². The lowest BCUT2D eigenvalue weighted by Gasteiger charge is -2.44. The van der Waals surface area contributed by atoms with Gasteiger partial charge in [-0.3, -0.25) is 4.79 Å². The minimum atomic E-state index is -3.56. The Morgan fingerprint density at radius 1 is 1.20 bits per heavy atom. The minimum Gasteiger partial charge on any atom is -0.335 e. The summed E-state index contributed by atoms with van der Waals surface area (Å²) in [5.41, 5.74) is 1.35. The number of amides is 1. The fraction of sp³-hybridized carbons (Fsp3) is 0.632. The molecule has 138 valence electrons. The van der Waals surface area contributed by atoms with Crippen LogP contribution in [0.5, 0.6) is 0 Å². The summed E-state index contributed by atoms with van der Waals surface area (Å²) in [6.07, 6.45) is 6.98. The molecular weight excluding hydrogens is 336 g/mol. The second-order valence-corrected chi connectivity index (χ2v) is 9.00. The van der Waals surface area contributed by atoms with E-state index in [9.17, 15) is 13.2 Å². The second kappa shape index (κ2) is 7.46. The van der Waals surface area contributed by atoms with Crippen LogP contribution >= 0.6 is 0 Å². The number of aryl methyl sites for hydroxylation is 1. The van der Waals surface area contributed by atoms with Gasteiger partial charge in [-0.25, -0.2) is 13.1 Å². The van der Waals surface area contributed by atoms with E-state index in [-0.39, 0.29) is 10.8 Å². The van der Waals surface area contributed by atoms with Gasteiger partial charge in [0.25, 0.3) is 5.91 Å². The van der Waals surface area contributed by atoms with E-state index in [2.05, 4.69) is 4.72 Å². The fourth-order valence-electron chi connectivity index (χ4n) is 4.30. The van der Waals surface area contributed by atoms with Crippen molar-refractivity contribution in [2.45, 2.75) is 63.3 Å². The summed E-state index contributed by atoms with van der Waals surface area (Å²) in [6, 6.07) is 5.18. The van der Waals surface area contributed by atoms with Crippen molar-refractivity contribution in [2.75, 3.05) is 13.1 Å². The fourth-order valence-corrected chi connectivity index (χ4v) is 5.37. The Kier molecular flexibility index (Phi) is 5.49. The molecule has 0 spiro atoms. The zero-order valence-electron chi connectivity index (χ0n) is 15.1. The van der Waals surface area contributed by atoms with Crippen molar-refractivity contribution in [3.05, 3.63) is 29.3 Å². The highest BCUT2D eigenvalue weighted by atomic mass is 32.2. The lowest BCUT2D eigenvalue weighted by molar-refractivity contribution is 0.0390. The number of carbonyl (C=O) groups is 1. The van der Waals surface area contributed by atoms with Crippen molar-refractivity contribution < 1.29 is 13.2 Å². The van der Waals surface area contributed by atoms with Crippen molar-refractivity contribution in [2.24, 2.45) is 5.92 Å². The average Bonchev–Trinajstić information content (AvgIpc) is 2.61. The van der Waals surface area contributed by atoms with Crippen LogP contribution in [0, 0.1) is 12.8 Å². The van der Waals surface area contributed by atoms with Crippen LogP contribution in [0.15, 0.2) is 23.1 Å². The molecule has 1 aromatic carbocycles. The van der Waals surface area contributed by atoms with Crippen LogP contribution < -0.4 is 4.72 Å². The first kappa shape index (κ1) is 18.4. The topological polar surface area (TPSA) is 66.5 Å². The molecule has 2 aliphatic rings. The molecule has 0 aromatic heterocycles. The number of nitrogens with zero attached hydrogens (tertiary/aromatic N) is 1. The van der Waals surface area contributed by atoms with Gasteiger partial charge < -0.3 is 4.90 Å². The highest BCUT2D eigenvalue weighted by Crippen LogP contribution is 2.36. The molecule has 2 unspecified atom stereocenters. The van der Waals surface area contributed by atoms with Gasteiger partial charge in [0.1, 0.15) is 0 Å². The van der Waals surface area contributed by atoms with Crippen LogP contribution in [0.4, 0.5) is 0 Å². The minimum absolute atomic E-state index is 0.0114. The first-order chi connectivity index (χ1) is 11.9. The predicted octanol–water partition coefficient (Wildman–Crippen LogP) is 3.09. The Bertz CT molecular complexity index is 743. The number of rotatable bonds is 4. The van der Waals surface area contributed by atoms with Gasteiger partial charge in [-0.1, -0.05) is 25.8 Å². The lowest BCUT2D eigenvalue weighted by Crippen LogP contribution is -2.49. The molecule has 1 amide bonds. The van der Waals surface area contributed by atoms with Gasteiger partial charge in [-0.05, 0) is 56.2 Å². The largest absolute Gasteiger partial charge is 0.335 e. The normalized spacial score (nSPS) is 24.0. The van der Waals surface area contributed by atoms with Crippen LogP contribution in [0.25, 0.3) is 0 Å². The van der Waals surface area contributed by atoms with Gasteiger partial charge in [0, 0.05) is 24.7 Å². The van der Waals surface area contributed by atoms with Gasteiger partial charge in [-0.15, -0.1) is 0 Å². The molecule has 1 aliphatic heterocycles. The molecule has 0 radical (unpaired) electrons. The van der Waals surface area contributed by atoms with E-state index in [1.807, 2.05) is 11.8 Å². The monoisotopic (exact) mass is 364 g/mol. The molecule has 1 aliphatic carbocycles. The number of nitrogens with one attached hydrogen (secondary N) is 1.